The first-order valence-corrected chi connectivity index (χ1v) is 9.40. The van der Waals surface area contributed by atoms with Crippen LogP contribution in [0.15, 0.2) is 27.8 Å². The number of nitrogens with zero attached hydrogens (tertiary/aromatic N) is 3. The molecule has 1 heterocycles. The van der Waals surface area contributed by atoms with Gasteiger partial charge in [0.25, 0.3) is 5.56 Å². The molecule has 0 aliphatic carbocycles. The van der Waals surface area contributed by atoms with Crippen LogP contribution >= 0.6 is 0 Å². The van der Waals surface area contributed by atoms with Gasteiger partial charge in [-0.1, -0.05) is 0 Å². The number of hydrogen-bond acceptors (Lipinski definition) is 6. The van der Waals surface area contributed by atoms with E-state index in [0.29, 0.717) is 12.1 Å². The van der Waals surface area contributed by atoms with E-state index in [2.05, 4.69) is 0 Å². The predicted molar refractivity (Wildman–Crippen MR) is 94.3 cm³/mol. The van der Waals surface area contributed by atoms with Gasteiger partial charge in [0.1, 0.15) is 11.9 Å². The van der Waals surface area contributed by atoms with Crippen molar-refractivity contribution in [1.82, 2.24) is 9.24 Å². The second kappa shape index (κ2) is 7.59. The van der Waals surface area contributed by atoms with Crippen molar-refractivity contribution in [2.24, 2.45) is 0 Å². The van der Waals surface area contributed by atoms with E-state index in [-0.39, 0.29) is 15.3 Å². The van der Waals surface area contributed by atoms with Gasteiger partial charge in [0.05, 0.1) is 22.7 Å². The number of benzene rings is 1. The van der Waals surface area contributed by atoms with Crippen molar-refractivity contribution >= 4 is 15.7 Å². The maximum Gasteiger partial charge on any atom is 0.433 e. The molecular formula is C15H13F4N5O4S. The summed E-state index contributed by atoms with van der Waals surface area (Å²) in [5.41, 5.74) is -4.52. The van der Waals surface area contributed by atoms with E-state index in [1.807, 2.05) is 10.1 Å². The molecule has 0 bridgehead atoms. The maximum absolute atomic E-state index is 14.5. The highest BCUT2D eigenvalue weighted by Crippen LogP contribution is 2.27. The summed E-state index contributed by atoms with van der Waals surface area (Å²) >= 11 is 0. The Balaban J connectivity index is 2.87. The summed E-state index contributed by atoms with van der Waals surface area (Å²) < 4.78 is 79.3. The van der Waals surface area contributed by atoms with Gasteiger partial charge < -0.3 is 5.43 Å². The second-order valence-electron chi connectivity index (χ2n) is 5.51. The molecule has 2 aromatic rings. The van der Waals surface area contributed by atoms with E-state index in [1.54, 1.807) is 6.07 Å². The number of alkyl halides is 3. The molecule has 1 aromatic carbocycles. The topological polar surface area (TPSA) is 126 Å². The molecule has 2 rings (SSSR count). The van der Waals surface area contributed by atoms with Crippen LogP contribution in [0.3, 0.4) is 0 Å². The molecule has 0 atom stereocenters. The summed E-state index contributed by atoms with van der Waals surface area (Å²) in [6, 6.07) is 2.85. The van der Waals surface area contributed by atoms with Gasteiger partial charge in [-0.05, 0) is 19.1 Å². The summed E-state index contributed by atoms with van der Waals surface area (Å²) in [6.45, 7) is 1.28. The van der Waals surface area contributed by atoms with Crippen LogP contribution in [0, 0.1) is 17.1 Å². The molecule has 0 saturated heterocycles. The normalized spacial score (nSPS) is 11.8. The number of sulfonamides is 1. The fourth-order valence-electron chi connectivity index (χ4n) is 2.34. The van der Waals surface area contributed by atoms with Crippen LogP contribution < -0.4 is 21.4 Å². The Kier molecular flexibility index (Phi) is 5.74. The van der Waals surface area contributed by atoms with Gasteiger partial charge in [-0.25, -0.2) is 26.8 Å². The van der Waals surface area contributed by atoms with Gasteiger partial charge in [-0.3, -0.25) is 9.52 Å². The largest absolute Gasteiger partial charge is 0.433 e. The Hall–Kier alpha value is -3.34. The van der Waals surface area contributed by atoms with Crippen LogP contribution in [0.25, 0.3) is 5.69 Å². The first-order valence-electron chi connectivity index (χ1n) is 7.74. The molecule has 0 unspecified atom stereocenters. The molecule has 0 aliphatic heterocycles. The van der Waals surface area contributed by atoms with E-state index in [9.17, 15) is 35.6 Å². The number of halogens is 4. The molecule has 2 N–H and O–H groups in total. The summed E-state index contributed by atoms with van der Waals surface area (Å²) in [6.07, 6.45) is -5.06. The molecule has 0 aliphatic rings. The Morgan fingerprint density at radius 1 is 1.21 bits per heavy atom. The van der Waals surface area contributed by atoms with Crippen LogP contribution in [0.2, 0.25) is 0 Å². The molecule has 14 heteroatoms. The first-order chi connectivity index (χ1) is 13.4. The van der Waals surface area contributed by atoms with Gasteiger partial charge >= 0.3 is 11.9 Å². The van der Waals surface area contributed by atoms with Crippen LogP contribution in [-0.2, 0) is 16.2 Å². The molecule has 1 aromatic heterocycles. The van der Waals surface area contributed by atoms with E-state index in [1.165, 1.54) is 6.92 Å². The molecule has 0 amide bonds. The lowest BCUT2D eigenvalue weighted by atomic mass is 10.1. The minimum absolute atomic E-state index is 0.0189. The summed E-state index contributed by atoms with van der Waals surface area (Å²) in [4.78, 5) is 24.6. The molecule has 0 radical (unpaired) electrons. The molecule has 0 fully saturated rings. The van der Waals surface area contributed by atoms with Crippen molar-refractivity contribution in [2.75, 3.05) is 22.9 Å². The lowest BCUT2D eigenvalue weighted by Gasteiger charge is -2.17. The minimum atomic E-state index is -5.06. The van der Waals surface area contributed by atoms with Gasteiger partial charge in [0, 0.05) is 13.1 Å². The van der Waals surface area contributed by atoms with Gasteiger partial charge in [0.2, 0.25) is 10.0 Å². The lowest BCUT2D eigenvalue weighted by Crippen LogP contribution is -2.44. The van der Waals surface area contributed by atoms with Crippen molar-refractivity contribution in [3.63, 3.8) is 0 Å². The average Bonchev–Trinajstić information content (AvgIpc) is 2.62. The first kappa shape index (κ1) is 22.0. The van der Waals surface area contributed by atoms with E-state index >= 15 is 0 Å². The molecular weight excluding hydrogens is 422 g/mol. The van der Waals surface area contributed by atoms with Gasteiger partial charge in [-0.2, -0.15) is 18.4 Å². The molecule has 29 heavy (non-hydrogen) atoms. The predicted octanol–water partition coefficient (Wildman–Crippen LogP) is 0.964. The van der Waals surface area contributed by atoms with Crippen LogP contribution in [-0.4, -0.2) is 30.5 Å². The Labute approximate surface area is 160 Å². The zero-order chi connectivity index (χ0) is 22.1. The highest BCUT2D eigenvalue weighted by Gasteiger charge is 2.36. The SMILES string of the molecule is CCS(=O)(=O)Nc1cc(-n2c(=O)cc(C(F)(F)F)n(NC)c2=O)c(F)cc1C#N. The standard InChI is InChI=1S/C15H13F4N5O4S/c1-3-29(27,28)22-10-5-11(9(16)4-8(10)7-20)23-13(25)6-12(15(17,18)19)24(21-2)14(23)26/h4-6,21-22H,3H2,1-2H3. The Bertz CT molecular complexity index is 1230. The Morgan fingerprint density at radius 2 is 1.83 bits per heavy atom. The van der Waals surface area contributed by atoms with Crippen LogP contribution in [0.4, 0.5) is 23.2 Å². The number of anilines is 1. The Morgan fingerprint density at radius 3 is 2.31 bits per heavy atom. The van der Waals surface area contributed by atoms with Gasteiger partial charge in [0.15, 0.2) is 5.69 Å². The van der Waals surface area contributed by atoms with Crippen LogP contribution in [0.5, 0.6) is 0 Å². The third kappa shape index (κ3) is 4.24. The van der Waals surface area contributed by atoms with Crippen molar-refractivity contribution in [3.05, 3.63) is 56.1 Å². The quantitative estimate of drug-likeness (QED) is 0.674. The summed E-state index contributed by atoms with van der Waals surface area (Å²) in [5, 5.41) is 9.07. The summed E-state index contributed by atoms with van der Waals surface area (Å²) in [7, 11) is -2.96. The zero-order valence-electron chi connectivity index (χ0n) is 14.8. The highest BCUT2D eigenvalue weighted by molar-refractivity contribution is 7.92. The third-order valence-corrected chi connectivity index (χ3v) is 5.00. The molecule has 9 nitrogen and oxygen atoms in total. The molecule has 156 valence electrons. The second-order valence-corrected chi connectivity index (χ2v) is 7.52. The number of rotatable bonds is 5. The van der Waals surface area contributed by atoms with Crippen molar-refractivity contribution < 1.29 is 26.0 Å². The number of hydrogen-bond donors (Lipinski definition) is 2. The summed E-state index contributed by atoms with van der Waals surface area (Å²) in [5.74, 6) is -1.71. The lowest BCUT2D eigenvalue weighted by molar-refractivity contribution is -0.143. The van der Waals surface area contributed by atoms with Crippen molar-refractivity contribution in [1.29, 1.82) is 5.26 Å². The van der Waals surface area contributed by atoms with Gasteiger partial charge in [-0.15, -0.1) is 0 Å². The monoisotopic (exact) mass is 435 g/mol. The number of nitriles is 1. The van der Waals surface area contributed by atoms with E-state index in [0.717, 1.165) is 7.05 Å². The fraction of sp³-hybridized carbons (Fsp3) is 0.267. The van der Waals surface area contributed by atoms with Crippen molar-refractivity contribution in [2.45, 2.75) is 13.1 Å². The fourth-order valence-corrected chi connectivity index (χ4v) is 2.99. The molecule has 0 saturated carbocycles. The van der Waals surface area contributed by atoms with Crippen LogP contribution in [0.1, 0.15) is 18.2 Å². The smallest absolute Gasteiger partial charge is 0.325 e. The molecule has 0 spiro atoms. The van der Waals surface area contributed by atoms with E-state index in [4.69, 9.17) is 5.26 Å². The van der Waals surface area contributed by atoms with Crippen molar-refractivity contribution in [3.8, 4) is 11.8 Å². The highest BCUT2D eigenvalue weighted by atomic mass is 32.2. The number of aromatic nitrogens is 2. The zero-order valence-corrected chi connectivity index (χ0v) is 15.7. The maximum atomic E-state index is 14.5. The average molecular weight is 435 g/mol. The third-order valence-electron chi connectivity index (χ3n) is 3.71. The minimum Gasteiger partial charge on any atom is -0.325 e. The van der Waals surface area contributed by atoms with E-state index < -0.39 is 61.7 Å². The number of nitrogens with one attached hydrogen (secondary N) is 2.